The molecule has 1 fully saturated rings. The average Bonchev–Trinajstić information content (AvgIpc) is 2.36. The van der Waals surface area contributed by atoms with Gasteiger partial charge in [-0.2, -0.15) is 5.10 Å². The van der Waals surface area contributed by atoms with E-state index in [0.29, 0.717) is 10.5 Å². The molecule has 100 valence electrons. The molecule has 1 aromatic rings. The minimum atomic E-state index is -0.0801. The molecule has 4 nitrogen and oxygen atoms in total. The number of nitrogens with zero attached hydrogens (tertiary/aromatic N) is 3. The number of anilines is 1. The van der Waals surface area contributed by atoms with Crippen LogP contribution in [0.25, 0.3) is 0 Å². The van der Waals surface area contributed by atoms with Crippen LogP contribution in [0.5, 0.6) is 0 Å². The number of hydrogen-bond donors (Lipinski definition) is 0. The van der Waals surface area contributed by atoms with Gasteiger partial charge in [-0.25, -0.2) is 4.68 Å². The lowest BCUT2D eigenvalue weighted by molar-refractivity contribution is 0.340. The molecule has 1 heterocycles. The summed E-state index contributed by atoms with van der Waals surface area (Å²) in [6, 6.07) is 0.520. The van der Waals surface area contributed by atoms with E-state index in [4.69, 9.17) is 0 Å². The van der Waals surface area contributed by atoms with Crippen LogP contribution in [0, 0.1) is 5.92 Å². The molecule has 1 aliphatic carbocycles. The maximum absolute atomic E-state index is 11.9. The molecule has 0 atom stereocenters. The summed E-state index contributed by atoms with van der Waals surface area (Å²) in [5.74, 6) is 0.833. The van der Waals surface area contributed by atoms with Crippen molar-refractivity contribution in [2.24, 2.45) is 13.0 Å². The van der Waals surface area contributed by atoms with Crippen LogP contribution in [0.15, 0.2) is 15.5 Å². The van der Waals surface area contributed by atoms with Gasteiger partial charge in [0.25, 0.3) is 5.56 Å². The Bertz CT molecular complexity index is 478. The molecule has 18 heavy (non-hydrogen) atoms. The quantitative estimate of drug-likeness (QED) is 0.842. The summed E-state index contributed by atoms with van der Waals surface area (Å²) in [4.78, 5) is 14.1. The van der Waals surface area contributed by atoms with Crippen LogP contribution >= 0.6 is 15.9 Å². The predicted octanol–water partition coefficient (Wildman–Crippen LogP) is 2.56. The fourth-order valence-corrected chi connectivity index (χ4v) is 3.21. The van der Waals surface area contributed by atoms with Gasteiger partial charge in [0.1, 0.15) is 4.47 Å². The Labute approximate surface area is 116 Å². The third kappa shape index (κ3) is 2.60. The summed E-state index contributed by atoms with van der Waals surface area (Å²) < 4.78 is 1.96. The molecule has 0 N–H and O–H groups in total. The third-order valence-electron chi connectivity index (χ3n) is 3.97. The zero-order valence-electron chi connectivity index (χ0n) is 11.2. The molecule has 1 aromatic heterocycles. The van der Waals surface area contributed by atoms with Gasteiger partial charge in [-0.05, 0) is 47.5 Å². The van der Waals surface area contributed by atoms with Gasteiger partial charge in [0.2, 0.25) is 0 Å². The Morgan fingerprint density at radius 1 is 1.39 bits per heavy atom. The minimum Gasteiger partial charge on any atom is -0.369 e. The van der Waals surface area contributed by atoms with Gasteiger partial charge < -0.3 is 4.90 Å². The van der Waals surface area contributed by atoms with E-state index in [-0.39, 0.29) is 5.56 Å². The summed E-state index contributed by atoms with van der Waals surface area (Å²) in [6.07, 6.45) is 6.69. The van der Waals surface area contributed by atoms with E-state index < -0.39 is 0 Å². The average molecular weight is 314 g/mol. The lowest BCUT2D eigenvalue weighted by Gasteiger charge is -2.35. The monoisotopic (exact) mass is 313 g/mol. The Kier molecular flexibility index (Phi) is 4.10. The molecular weight excluding hydrogens is 294 g/mol. The topological polar surface area (TPSA) is 38.1 Å². The first-order valence-corrected chi connectivity index (χ1v) is 7.24. The number of aromatic nitrogens is 2. The van der Waals surface area contributed by atoms with Crippen molar-refractivity contribution in [3.8, 4) is 0 Å². The van der Waals surface area contributed by atoms with Crippen molar-refractivity contribution in [1.29, 1.82) is 0 Å². The Morgan fingerprint density at radius 2 is 2.00 bits per heavy atom. The summed E-state index contributed by atoms with van der Waals surface area (Å²) in [6.45, 7) is 2.31. The highest BCUT2D eigenvalue weighted by Crippen LogP contribution is 2.31. The summed E-state index contributed by atoms with van der Waals surface area (Å²) in [5, 5.41) is 4.10. The fourth-order valence-electron chi connectivity index (χ4n) is 2.57. The first-order chi connectivity index (χ1) is 8.50. The van der Waals surface area contributed by atoms with Crippen molar-refractivity contribution in [2.45, 2.75) is 38.6 Å². The van der Waals surface area contributed by atoms with Crippen molar-refractivity contribution >= 4 is 21.6 Å². The Hall–Kier alpha value is -0.840. The molecule has 1 aliphatic rings. The van der Waals surface area contributed by atoms with E-state index >= 15 is 0 Å². The molecule has 0 amide bonds. The highest BCUT2D eigenvalue weighted by molar-refractivity contribution is 9.10. The van der Waals surface area contributed by atoms with Crippen LogP contribution < -0.4 is 10.5 Å². The molecule has 0 aromatic carbocycles. The number of aryl methyl sites for hydroxylation is 1. The van der Waals surface area contributed by atoms with Crippen LogP contribution in [0.1, 0.15) is 32.6 Å². The minimum absolute atomic E-state index is 0.0801. The summed E-state index contributed by atoms with van der Waals surface area (Å²) >= 11 is 3.40. The van der Waals surface area contributed by atoms with Crippen molar-refractivity contribution in [3.63, 3.8) is 0 Å². The predicted molar refractivity (Wildman–Crippen MR) is 77.0 cm³/mol. The van der Waals surface area contributed by atoms with E-state index in [9.17, 15) is 4.79 Å². The van der Waals surface area contributed by atoms with Crippen LogP contribution in [0.2, 0.25) is 0 Å². The second kappa shape index (κ2) is 5.43. The maximum atomic E-state index is 11.9. The van der Waals surface area contributed by atoms with E-state index in [1.165, 1.54) is 30.4 Å². The Balaban J connectivity index is 2.21. The fraction of sp³-hybridized carbons (Fsp3) is 0.692. The van der Waals surface area contributed by atoms with Gasteiger partial charge in [-0.1, -0.05) is 6.92 Å². The second-order valence-corrected chi connectivity index (χ2v) is 6.09. The van der Waals surface area contributed by atoms with Crippen LogP contribution in [-0.4, -0.2) is 22.9 Å². The van der Waals surface area contributed by atoms with Gasteiger partial charge in [0.05, 0.1) is 11.9 Å². The lowest BCUT2D eigenvalue weighted by atomic mass is 9.86. The summed E-state index contributed by atoms with van der Waals surface area (Å²) in [7, 11) is 3.72. The molecular formula is C13H20BrN3O. The van der Waals surface area contributed by atoms with E-state index in [2.05, 4.69) is 39.9 Å². The number of hydrogen-bond acceptors (Lipinski definition) is 3. The highest BCUT2D eigenvalue weighted by atomic mass is 79.9. The van der Waals surface area contributed by atoms with E-state index in [1.54, 1.807) is 13.2 Å². The van der Waals surface area contributed by atoms with Gasteiger partial charge in [-0.15, -0.1) is 0 Å². The maximum Gasteiger partial charge on any atom is 0.282 e. The van der Waals surface area contributed by atoms with Gasteiger partial charge >= 0.3 is 0 Å². The van der Waals surface area contributed by atoms with Crippen molar-refractivity contribution in [3.05, 3.63) is 21.0 Å². The standard InChI is InChI=1S/C13H20BrN3O/c1-9-4-6-10(7-5-9)16(2)11-8-15-17(3)13(18)12(11)14/h8-10H,4-7H2,1-3H3. The normalized spacial score (nSPS) is 24.0. The number of halogens is 1. The van der Waals surface area contributed by atoms with Crippen LogP contribution in [-0.2, 0) is 7.05 Å². The number of rotatable bonds is 2. The molecule has 1 saturated carbocycles. The van der Waals surface area contributed by atoms with Gasteiger partial charge in [0.15, 0.2) is 0 Å². The largest absolute Gasteiger partial charge is 0.369 e. The lowest BCUT2D eigenvalue weighted by Crippen LogP contribution is -2.36. The van der Waals surface area contributed by atoms with Crippen molar-refractivity contribution in [2.75, 3.05) is 11.9 Å². The molecule has 2 rings (SSSR count). The molecule has 5 heteroatoms. The first kappa shape index (κ1) is 13.6. The molecule has 0 saturated heterocycles. The van der Waals surface area contributed by atoms with Gasteiger partial charge in [-0.3, -0.25) is 4.79 Å². The zero-order chi connectivity index (χ0) is 13.3. The van der Waals surface area contributed by atoms with E-state index in [0.717, 1.165) is 11.6 Å². The molecule has 0 unspecified atom stereocenters. The first-order valence-electron chi connectivity index (χ1n) is 6.45. The highest BCUT2D eigenvalue weighted by Gasteiger charge is 2.24. The van der Waals surface area contributed by atoms with Crippen LogP contribution in [0.3, 0.4) is 0 Å². The smallest absolute Gasteiger partial charge is 0.282 e. The Morgan fingerprint density at radius 3 is 2.61 bits per heavy atom. The molecule has 0 bridgehead atoms. The SMILES string of the molecule is CC1CCC(N(C)c2cnn(C)c(=O)c2Br)CC1. The summed E-state index contributed by atoms with van der Waals surface area (Å²) in [5.41, 5.74) is 0.821. The third-order valence-corrected chi connectivity index (χ3v) is 4.72. The van der Waals surface area contributed by atoms with Crippen LogP contribution in [0.4, 0.5) is 5.69 Å². The zero-order valence-corrected chi connectivity index (χ0v) is 12.8. The van der Waals surface area contributed by atoms with Gasteiger partial charge in [0, 0.05) is 20.1 Å². The molecule has 0 aliphatic heterocycles. The second-order valence-electron chi connectivity index (χ2n) is 5.30. The molecule has 0 radical (unpaired) electrons. The molecule has 0 spiro atoms. The van der Waals surface area contributed by atoms with Crippen molar-refractivity contribution in [1.82, 2.24) is 9.78 Å². The van der Waals surface area contributed by atoms with Crippen molar-refractivity contribution < 1.29 is 0 Å². The van der Waals surface area contributed by atoms with E-state index in [1.807, 2.05) is 0 Å².